The van der Waals surface area contributed by atoms with Crippen LogP contribution in [0.5, 0.6) is 0 Å². The lowest BCUT2D eigenvalue weighted by molar-refractivity contribution is 0.867. The van der Waals surface area contributed by atoms with E-state index in [1.807, 2.05) is 18.4 Å². The van der Waals surface area contributed by atoms with Gasteiger partial charge in [0, 0.05) is 5.69 Å². The fourth-order valence-electron chi connectivity index (χ4n) is 1.28. The molecule has 0 spiro atoms. The van der Waals surface area contributed by atoms with Crippen molar-refractivity contribution in [3.63, 3.8) is 0 Å². The predicted octanol–water partition coefficient (Wildman–Crippen LogP) is 4.15. The van der Waals surface area contributed by atoms with Gasteiger partial charge in [0.15, 0.2) is 0 Å². The van der Waals surface area contributed by atoms with Crippen LogP contribution in [0, 0.1) is 4.91 Å². The van der Waals surface area contributed by atoms with Gasteiger partial charge in [0.2, 0.25) is 0 Å². The van der Waals surface area contributed by atoms with Gasteiger partial charge in [-0.2, -0.15) is 0 Å². The van der Waals surface area contributed by atoms with E-state index in [-0.39, 0.29) is 0 Å². The van der Waals surface area contributed by atoms with Gasteiger partial charge in [-0.05, 0) is 35.0 Å². The van der Waals surface area contributed by atoms with Crippen molar-refractivity contribution in [3.05, 3.63) is 46.0 Å². The molecule has 0 saturated heterocycles. The fourth-order valence-corrected chi connectivity index (χ4v) is 1.65. The Balaban J connectivity index is 2.75. The van der Waals surface area contributed by atoms with Crippen molar-refractivity contribution in [1.29, 1.82) is 0 Å². The number of thioether (sulfide) groups is 1. The maximum absolute atomic E-state index is 10.1. The molecule has 0 heterocycles. The molecule has 1 N–H and O–H groups in total. The zero-order valence-electron chi connectivity index (χ0n) is 9.73. The van der Waals surface area contributed by atoms with Crippen molar-refractivity contribution in [2.45, 2.75) is 19.8 Å². The summed E-state index contributed by atoms with van der Waals surface area (Å²) in [4.78, 5) is 10.1. The van der Waals surface area contributed by atoms with Crippen molar-refractivity contribution >= 4 is 17.4 Å². The molecule has 0 saturated carbocycles. The van der Waals surface area contributed by atoms with Gasteiger partial charge in [-0.15, -0.1) is 16.7 Å². The largest absolute Gasteiger partial charge is 0.349 e. The second-order valence-electron chi connectivity index (χ2n) is 3.70. The molecule has 1 aromatic rings. The summed E-state index contributed by atoms with van der Waals surface area (Å²) in [5, 5.41) is 6.62. The Morgan fingerprint density at radius 3 is 2.44 bits per heavy atom. The number of benzene rings is 1. The van der Waals surface area contributed by atoms with E-state index in [4.69, 9.17) is 0 Å². The molecule has 0 aliphatic rings. The zero-order valence-corrected chi connectivity index (χ0v) is 10.5. The average molecular weight is 236 g/mol. The second-order valence-corrected chi connectivity index (χ2v) is 4.55. The summed E-state index contributed by atoms with van der Waals surface area (Å²) in [5.41, 5.74) is 2.27. The van der Waals surface area contributed by atoms with Crippen LogP contribution >= 0.6 is 11.8 Å². The topological polar surface area (TPSA) is 41.5 Å². The standard InChI is InChI=1S/C12H16N2OS/c1-9(2)10-4-6-11(7-5-10)14-12(16-3)8-13-15/h4-9,14H,1-3H3/b12-8-. The Morgan fingerprint density at radius 2 is 2.00 bits per heavy atom. The predicted molar refractivity (Wildman–Crippen MR) is 71.5 cm³/mol. The van der Waals surface area contributed by atoms with E-state index in [2.05, 4.69) is 36.5 Å². The first-order chi connectivity index (χ1) is 7.67. The van der Waals surface area contributed by atoms with Crippen LogP contribution in [-0.2, 0) is 0 Å². The van der Waals surface area contributed by atoms with E-state index in [1.54, 1.807) is 0 Å². The third kappa shape index (κ3) is 3.70. The molecule has 0 fully saturated rings. The summed E-state index contributed by atoms with van der Waals surface area (Å²) in [6, 6.07) is 8.17. The average Bonchev–Trinajstić information content (AvgIpc) is 2.29. The molecule has 16 heavy (non-hydrogen) atoms. The van der Waals surface area contributed by atoms with Crippen LogP contribution in [0.25, 0.3) is 0 Å². The Hall–Kier alpha value is -1.29. The number of nitroso groups, excluding NO2 is 1. The van der Waals surface area contributed by atoms with E-state index in [0.717, 1.165) is 10.7 Å². The van der Waals surface area contributed by atoms with Gasteiger partial charge in [0.1, 0.15) is 6.20 Å². The minimum atomic E-state index is 0.529. The number of nitrogens with one attached hydrogen (secondary N) is 1. The van der Waals surface area contributed by atoms with E-state index in [9.17, 15) is 4.91 Å². The second kappa shape index (κ2) is 6.33. The van der Waals surface area contributed by atoms with Gasteiger partial charge in [0.25, 0.3) is 0 Å². The lowest BCUT2D eigenvalue weighted by Gasteiger charge is -2.09. The molecule has 0 radical (unpaired) electrons. The molecule has 3 nitrogen and oxygen atoms in total. The molecule has 0 amide bonds. The Bertz CT molecular complexity index is 371. The summed E-state index contributed by atoms with van der Waals surface area (Å²) in [7, 11) is 0. The normalized spacial score (nSPS) is 11.6. The lowest BCUT2D eigenvalue weighted by atomic mass is 10.0. The molecule has 0 aliphatic heterocycles. The quantitative estimate of drug-likeness (QED) is 0.781. The smallest absolute Gasteiger partial charge is 0.102 e. The highest BCUT2D eigenvalue weighted by molar-refractivity contribution is 8.02. The molecular weight excluding hydrogens is 220 g/mol. The molecule has 0 bridgehead atoms. The fraction of sp³-hybridized carbons (Fsp3) is 0.333. The Kier molecular flexibility index (Phi) is 5.05. The molecule has 1 rings (SSSR count). The van der Waals surface area contributed by atoms with Crippen LogP contribution in [-0.4, -0.2) is 6.26 Å². The van der Waals surface area contributed by atoms with Crippen molar-refractivity contribution in [1.82, 2.24) is 0 Å². The van der Waals surface area contributed by atoms with E-state index < -0.39 is 0 Å². The number of hydrogen-bond acceptors (Lipinski definition) is 4. The van der Waals surface area contributed by atoms with E-state index in [1.165, 1.54) is 23.5 Å². The summed E-state index contributed by atoms with van der Waals surface area (Å²) in [6.07, 6.45) is 3.17. The highest BCUT2D eigenvalue weighted by atomic mass is 32.2. The molecule has 0 aromatic heterocycles. The van der Waals surface area contributed by atoms with Gasteiger partial charge in [-0.3, -0.25) is 0 Å². The molecule has 0 aliphatic carbocycles. The Labute approximate surface area is 100 Å². The van der Waals surface area contributed by atoms with Gasteiger partial charge < -0.3 is 5.32 Å². The third-order valence-corrected chi connectivity index (χ3v) is 2.88. The summed E-state index contributed by atoms with van der Waals surface area (Å²) >= 11 is 1.46. The molecule has 86 valence electrons. The van der Waals surface area contributed by atoms with Gasteiger partial charge in [-0.1, -0.05) is 26.0 Å². The molecule has 0 unspecified atom stereocenters. The zero-order chi connectivity index (χ0) is 12.0. The first-order valence-electron chi connectivity index (χ1n) is 5.11. The first kappa shape index (κ1) is 12.8. The van der Waals surface area contributed by atoms with Crippen LogP contribution in [0.4, 0.5) is 5.69 Å². The number of rotatable bonds is 5. The van der Waals surface area contributed by atoms with Crippen molar-refractivity contribution in [2.24, 2.45) is 5.18 Å². The molecule has 1 aromatic carbocycles. The molecule has 4 heteroatoms. The first-order valence-corrected chi connectivity index (χ1v) is 6.33. The number of anilines is 1. The van der Waals surface area contributed by atoms with Crippen LogP contribution < -0.4 is 5.32 Å². The van der Waals surface area contributed by atoms with Crippen LogP contribution in [0.3, 0.4) is 0 Å². The van der Waals surface area contributed by atoms with Gasteiger partial charge in [0.05, 0.1) is 5.03 Å². The summed E-state index contributed by atoms with van der Waals surface area (Å²) < 4.78 is 0. The number of hydrogen-bond donors (Lipinski definition) is 1. The highest BCUT2D eigenvalue weighted by Gasteiger charge is 2.00. The molecular formula is C12H16N2OS. The van der Waals surface area contributed by atoms with Gasteiger partial charge >= 0.3 is 0 Å². The van der Waals surface area contributed by atoms with Crippen molar-refractivity contribution in [3.8, 4) is 0 Å². The maximum Gasteiger partial charge on any atom is 0.102 e. The lowest BCUT2D eigenvalue weighted by Crippen LogP contribution is -1.95. The minimum absolute atomic E-state index is 0.529. The minimum Gasteiger partial charge on any atom is -0.349 e. The summed E-state index contributed by atoms with van der Waals surface area (Å²) in [5.74, 6) is 0.529. The molecule has 0 atom stereocenters. The van der Waals surface area contributed by atoms with E-state index in [0.29, 0.717) is 5.92 Å². The summed E-state index contributed by atoms with van der Waals surface area (Å²) in [6.45, 7) is 4.32. The SMILES string of the molecule is CS/C(=C\N=O)Nc1ccc(C(C)C)cc1. The monoisotopic (exact) mass is 236 g/mol. The Morgan fingerprint density at radius 1 is 1.38 bits per heavy atom. The van der Waals surface area contributed by atoms with Crippen molar-refractivity contribution in [2.75, 3.05) is 11.6 Å². The van der Waals surface area contributed by atoms with Crippen LogP contribution in [0.2, 0.25) is 0 Å². The number of nitrogens with zero attached hydrogens (tertiary/aromatic N) is 1. The van der Waals surface area contributed by atoms with Crippen LogP contribution in [0.15, 0.2) is 40.7 Å². The van der Waals surface area contributed by atoms with Crippen LogP contribution in [0.1, 0.15) is 25.3 Å². The van der Waals surface area contributed by atoms with Crippen molar-refractivity contribution < 1.29 is 0 Å². The van der Waals surface area contributed by atoms with Gasteiger partial charge in [-0.25, -0.2) is 0 Å². The van der Waals surface area contributed by atoms with E-state index >= 15 is 0 Å². The maximum atomic E-state index is 10.1. The highest BCUT2D eigenvalue weighted by Crippen LogP contribution is 2.20. The third-order valence-electron chi connectivity index (χ3n) is 2.23.